The van der Waals surface area contributed by atoms with Gasteiger partial charge < -0.3 is 10.6 Å². The molecule has 1 rings (SSSR count). The lowest BCUT2D eigenvalue weighted by atomic mass is 9.82. The highest BCUT2D eigenvalue weighted by molar-refractivity contribution is 5.85. The van der Waals surface area contributed by atoms with Crippen LogP contribution >= 0.6 is 12.4 Å². The molecule has 4 heteroatoms. The first-order chi connectivity index (χ1) is 9.20. The first kappa shape index (κ1) is 20.7. The Kier molecular flexibility index (Phi) is 8.87. The number of rotatable bonds is 5. The molecule has 1 heterocycles. The van der Waals surface area contributed by atoms with Gasteiger partial charge in [0.1, 0.15) is 0 Å². The zero-order valence-corrected chi connectivity index (χ0v) is 15.5. The number of nitrogens with one attached hydrogen (secondary N) is 2. The van der Waals surface area contributed by atoms with Gasteiger partial charge in [0.25, 0.3) is 0 Å². The predicted molar refractivity (Wildman–Crippen MR) is 92.9 cm³/mol. The molecule has 0 spiro atoms. The Morgan fingerprint density at radius 1 is 1.29 bits per heavy atom. The maximum Gasteiger partial charge on any atom is 0.223 e. The molecule has 3 nitrogen and oxygen atoms in total. The summed E-state index contributed by atoms with van der Waals surface area (Å²) in [5.74, 6) is 1.15. The Balaban J connectivity index is 0.00000400. The van der Waals surface area contributed by atoms with Gasteiger partial charge in [0.05, 0.1) is 0 Å². The SMILES string of the molecule is CC(C)CCC(NC(=O)[C@H]1CCN[C@@H](C)C1)C(C)(C)C.Cl. The molecule has 1 saturated heterocycles. The molecule has 0 saturated carbocycles. The van der Waals surface area contributed by atoms with Crippen molar-refractivity contribution in [3.63, 3.8) is 0 Å². The normalized spacial score (nSPS) is 24.3. The van der Waals surface area contributed by atoms with E-state index >= 15 is 0 Å². The second kappa shape index (κ2) is 8.99. The van der Waals surface area contributed by atoms with Crippen LogP contribution in [0.5, 0.6) is 0 Å². The quantitative estimate of drug-likeness (QED) is 0.810. The lowest BCUT2D eigenvalue weighted by molar-refractivity contribution is -0.127. The van der Waals surface area contributed by atoms with Crippen LogP contribution in [-0.2, 0) is 4.79 Å². The summed E-state index contributed by atoms with van der Waals surface area (Å²) in [5.41, 5.74) is 0.128. The van der Waals surface area contributed by atoms with Crippen molar-refractivity contribution in [1.29, 1.82) is 0 Å². The summed E-state index contributed by atoms with van der Waals surface area (Å²) in [6, 6.07) is 0.742. The van der Waals surface area contributed by atoms with Crippen LogP contribution in [0.15, 0.2) is 0 Å². The first-order valence-electron chi connectivity index (χ1n) is 8.24. The summed E-state index contributed by atoms with van der Waals surface area (Å²) >= 11 is 0. The minimum atomic E-state index is 0. The van der Waals surface area contributed by atoms with Gasteiger partial charge in [-0.15, -0.1) is 12.4 Å². The zero-order chi connectivity index (χ0) is 15.3. The zero-order valence-electron chi connectivity index (χ0n) is 14.7. The first-order valence-corrected chi connectivity index (χ1v) is 8.24. The van der Waals surface area contributed by atoms with Crippen molar-refractivity contribution in [2.45, 2.75) is 79.3 Å². The smallest absolute Gasteiger partial charge is 0.223 e. The van der Waals surface area contributed by atoms with Gasteiger partial charge in [-0.25, -0.2) is 0 Å². The van der Waals surface area contributed by atoms with E-state index < -0.39 is 0 Å². The third-order valence-electron chi connectivity index (χ3n) is 4.39. The number of piperidine rings is 1. The molecule has 1 fully saturated rings. The van der Waals surface area contributed by atoms with Gasteiger partial charge in [-0.3, -0.25) is 4.79 Å². The Morgan fingerprint density at radius 2 is 1.90 bits per heavy atom. The summed E-state index contributed by atoms with van der Waals surface area (Å²) in [6.07, 6.45) is 4.18. The van der Waals surface area contributed by atoms with E-state index in [9.17, 15) is 4.79 Å². The molecule has 0 aromatic carbocycles. The van der Waals surface area contributed by atoms with Crippen LogP contribution in [0.1, 0.15) is 67.2 Å². The van der Waals surface area contributed by atoms with Crippen LogP contribution < -0.4 is 10.6 Å². The summed E-state index contributed by atoms with van der Waals surface area (Å²) in [6.45, 7) is 14.3. The van der Waals surface area contributed by atoms with Gasteiger partial charge >= 0.3 is 0 Å². The molecule has 1 unspecified atom stereocenters. The van der Waals surface area contributed by atoms with Crippen LogP contribution in [0.2, 0.25) is 0 Å². The van der Waals surface area contributed by atoms with Crippen molar-refractivity contribution in [2.24, 2.45) is 17.3 Å². The maximum absolute atomic E-state index is 12.5. The standard InChI is InChI=1S/C17H34N2O.ClH/c1-12(2)7-8-15(17(4,5)6)19-16(20)14-9-10-18-13(3)11-14;/h12-15,18H,7-11H2,1-6H3,(H,19,20);1H/t13-,14-,15?;/m0./s1. The van der Waals surface area contributed by atoms with E-state index in [0.717, 1.165) is 25.8 Å². The van der Waals surface area contributed by atoms with Crippen LogP contribution in [0.4, 0.5) is 0 Å². The molecule has 2 N–H and O–H groups in total. The lowest BCUT2D eigenvalue weighted by Gasteiger charge is -2.35. The average molecular weight is 319 g/mol. The fourth-order valence-electron chi connectivity index (χ4n) is 2.88. The van der Waals surface area contributed by atoms with Crippen molar-refractivity contribution in [3.05, 3.63) is 0 Å². The number of carbonyl (C=O) groups is 1. The molecule has 0 aromatic rings. The monoisotopic (exact) mass is 318 g/mol. The van der Waals surface area contributed by atoms with Crippen molar-refractivity contribution >= 4 is 18.3 Å². The van der Waals surface area contributed by atoms with E-state index in [2.05, 4.69) is 52.2 Å². The molecule has 21 heavy (non-hydrogen) atoms. The minimum absolute atomic E-state index is 0. The van der Waals surface area contributed by atoms with Crippen LogP contribution in [0.25, 0.3) is 0 Å². The van der Waals surface area contributed by atoms with Crippen molar-refractivity contribution in [2.75, 3.05) is 6.54 Å². The van der Waals surface area contributed by atoms with Crippen LogP contribution in [-0.4, -0.2) is 24.5 Å². The van der Waals surface area contributed by atoms with E-state index in [4.69, 9.17) is 0 Å². The number of carbonyl (C=O) groups excluding carboxylic acids is 1. The van der Waals surface area contributed by atoms with Crippen LogP contribution in [0, 0.1) is 17.3 Å². The number of hydrogen-bond donors (Lipinski definition) is 2. The average Bonchev–Trinajstić information content (AvgIpc) is 2.32. The molecular weight excluding hydrogens is 284 g/mol. The molecule has 0 aromatic heterocycles. The third-order valence-corrected chi connectivity index (χ3v) is 4.39. The molecule has 0 bridgehead atoms. The highest BCUT2D eigenvalue weighted by Gasteiger charge is 2.30. The van der Waals surface area contributed by atoms with Gasteiger partial charge in [-0.1, -0.05) is 34.6 Å². The molecular formula is C17H35ClN2O. The Labute approximate surface area is 137 Å². The summed E-state index contributed by atoms with van der Waals surface area (Å²) in [4.78, 5) is 12.5. The van der Waals surface area contributed by atoms with Crippen molar-refractivity contribution in [3.8, 4) is 0 Å². The predicted octanol–water partition coefficient (Wildman–Crippen LogP) is 3.76. The van der Waals surface area contributed by atoms with Crippen LogP contribution in [0.3, 0.4) is 0 Å². The van der Waals surface area contributed by atoms with Gasteiger partial charge in [-0.2, -0.15) is 0 Å². The van der Waals surface area contributed by atoms with Gasteiger partial charge in [0, 0.05) is 18.0 Å². The van der Waals surface area contributed by atoms with E-state index in [0.29, 0.717) is 12.0 Å². The maximum atomic E-state index is 12.5. The molecule has 0 radical (unpaired) electrons. The van der Waals surface area contributed by atoms with E-state index in [1.165, 1.54) is 6.42 Å². The second-order valence-electron chi connectivity index (χ2n) is 7.97. The highest BCUT2D eigenvalue weighted by atomic mass is 35.5. The molecule has 0 aliphatic carbocycles. The van der Waals surface area contributed by atoms with Gasteiger partial charge in [0.2, 0.25) is 5.91 Å². The third kappa shape index (κ3) is 7.51. The molecule has 1 amide bonds. The number of hydrogen-bond acceptors (Lipinski definition) is 2. The molecule has 1 aliphatic rings. The summed E-state index contributed by atoms with van der Waals surface area (Å²) in [5, 5.41) is 6.75. The fourth-order valence-corrected chi connectivity index (χ4v) is 2.88. The topological polar surface area (TPSA) is 41.1 Å². The van der Waals surface area contributed by atoms with Crippen molar-refractivity contribution < 1.29 is 4.79 Å². The number of amides is 1. The number of halogens is 1. The Morgan fingerprint density at radius 3 is 2.38 bits per heavy atom. The molecule has 3 atom stereocenters. The Bertz CT molecular complexity index is 312. The van der Waals surface area contributed by atoms with Gasteiger partial charge in [0.15, 0.2) is 0 Å². The lowest BCUT2D eigenvalue weighted by Crippen LogP contribution is -2.49. The minimum Gasteiger partial charge on any atom is -0.353 e. The fraction of sp³-hybridized carbons (Fsp3) is 0.941. The van der Waals surface area contributed by atoms with E-state index in [1.54, 1.807) is 0 Å². The summed E-state index contributed by atoms with van der Waals surface area (Å²) < 4.78 is 0. The largest absolute Gasteiger partial charge is 0.353 e. The van der Waals surface area contributed by atoms with Crippen molar-refractivity contribution in [1.82, 2.24) is 10.6 Å². The van der Waals surface area contributed by atoms with E-state index in [1.807, 2.05) is 0 Å². The molecule has 126 valence electrons. The summed E-state index contributed by atoms with van der Waals surface area (Å²) in [7, 11) is 0. The van der Waals surface area contributed by atoms with Gasteiger partial charge in [-0.05, 0) is 50.5 Å². The van der Waals surface area contributed by atoms with E-state index in [-0.39, 0.29) is 35.7 Å². The highest BCUT2D eigenvalue weighted by Crippen LogP contribution is 2.26. The Hall–Kier alpha value is -0.280. The second-order valence-corrected chi connectivity index (χ2v) is 7.97. The molecule has 1 aliphatic heterocycles.